The molecule has 1 amide bonds. The Morgan fingerprint density at radius 2 is 1.80 bits per heavy atom. The second-order valence-electron chi connectivity index (χ2n) is 6.57. The van der Waals surface area contributed by atoms with Gasteiger partial charge in [-0.25, -0.2) is 12.7 Å². The number of hydrogen-bond acceptors (Lipinski definition) is 3. The number of nitrogens with one attached hydrogen (secondary N) is 1. The number of aryl methyl sites for hydroxylation is 1. The van der Waals surface area contributed by atoms with Crippen molar-refractivity contribution < 1.29 is 13.2 Å². The van der Waals surface area contributed by atoms with E-state index in [4.69, 9.17) is 0 Å². The van der Waals surface area contributed by atoms with Crippen LogP contribution in [0.2, 0.25) is 0 Å². The molecule has 25 heavy (non-hydrogen) atoms. The summed E-state index contributed by atoms with van der Waals surface area (Å²) in [6.07, 6.45) is 2.39. The molecule has 1 atom stereocenters. The molecule has 1 aliphatic carbocycles. The molecule has 0 unspecified atom stereocenters. The zero-order chi connectivity index (χ0) is 17.2. The van der Waals surface area contributed by atoms with Gasteiger partial charge in [-0.3, -0.25) is 4.79 Å². The van der Waals surface area contributed by atoms with Crippen LogP contribution >= 0.6 is 0 Å². The van der Waals surface area contributed by atoms with E-state index in [1.54, 1.807) is 18.2 Å². The lowest BCUT2D eigenvalue weighted by molar-refractivity contribution is 0.0820. The number of carbonyl (C=O) groups excluding carboxylic acids is 1. The van der Waals surface area contributed by atoms with Crippen molar-refractivity contribution in [1.29, 1.82) is 0 Å². The van der Waals surface area contributed by atoms with Gasteiger partial charge in [0.05, 0.1) is 11.6 Å². The van der Waals surface area contributed by atoms with Crippen LogP contribution in [0.25, 0.3) is 10.9 Å². The summed E-state index contributed by atoms with van der Waals surface area (Å²) in [7, 11) is -3.81. The molecular weight excluding hydrogens is 336 g/mol. The SMILES string of the molecule is O=C1c2ccccc2S(=O)(=O)N1[C@H]1CCCc2c1[nH]c1ccccc21. The maximum atomic E-state index is 13.0. The highest BCUT2D eigenvalue weighted by Gasteiger charge is 2.46. The highest BCUT2D eigenvalue weighted by atomic mass is 32.2. The number of carbonyl (C=O) groups is 1. The summed E-state index contributed by atoms with van der Waals surface area (Å²) < 4.78 is 27.1. The van der Waals surface area contributed by atoms with Crippen LogP contribution < -0.4 is 0 Å². The van der Waals surface area contributed by atoms with Crippen molar-refractivity contribution in [1.82, 2.24) is 9.29 Å². The molecule has 0 radical (unpaired) electrons. The molecule has 1 aromatic heterocycles. The largest absolute Gasteiger partial charge is 0.356 e. The minimum atomic E-state index is -3.81. The summed E-state index contributed by atoms with van der Waals surface area (Å²) in [5, 5.41) is 1.11. The molecule has 0 saturated carbocycles. The summed E-state index contributed by atoms with van der Waals surface area (Å²) in [6, 6.07) is 13.9. The molecule has 6 heteroatoms. The van der Waals surface area contributed by atoms with Crippen LogP contribution in [-0.4, -0.2) is 23.6 Å². The Morgan fingerprint density at radius 1 is 1.04 bits per heavy atom. The van der Waals surface area contributed by atoms with Crippen LogP contribution in [0.3, 0.4) is 0 Å². The van der Waals surface area contributed by atoms with Gasteiger partial charge in [0.15, 0.2) is 0 Å². The Labute approximate surface area is 145 Å². The normalized spacial score (nSPS) is 21.4. The van der Waals surface area contributed by atoms with Gasteiger partial charge in [-0.05, 0) is 43.0 Å². The monoisotopic (exact) mass is 352 g/mol. The number of rotatable bonds is 1. The predicted molar refractivity (Wildman–Crippen MR) is 93.8 cm³/mol. The number of amides is 1. The lowest BCUT2D eigenvalue weighted by Gasteiger charge is -2.30. The lowest BCUT2D eigenvalue weighted by atomic mass is 9.91. The summed E-state index contributed by atoms with van der Waals surface area (Å²) in [4.78, 5) is 16.4. The van der Waals surface area contributed by atoms with E-state index in [1.165, 1.54) is 6.07 Å². The summed E-state index contributed by atoms with van der Waals surface area (Å²) in [6.45, 7) is 0. The predicted octanol–water partition coefficient (Wildman–Crippen LogP) is 3.39. The summed E-state index contributed by atoms with van der Waals surface area (Å²) in [5.41, 5.74) is 3.25. The van der Waals surface area contributed by atoms with Gasteiger partial charge < -0.3 is 4.98 Å². The molecule has 0 fully saturated rings. The van der Waals surface area contributed by atoms with Crippen molar-refractivity contribution in [2.75, 3.05) is 0 Å². The van der Waals surface area contributed by atoms with E-state index in [1.807, 2.05) is 24.3 Å². The molecule has 2 heterocycles. The van der Waals surface area contributed by atoms with Gasteiger partial charge in [-0.1, -0.05) is 30.3 Å². The lowest BCUT2D eigenvalue weighted by Crippen LogP contribution is -2.36. The van der Waals surface area contributed by atoms with Gasteiger partial charge in [0.2, 0.25) is 0 Å². The van der Waals surface area contributed by atoms with E-state index in [0.29, 0.717) is 6.42 Å². The number of aromatic amines is 1. The van der Waals surface area contributed by atoms with E-state index in [9.17, 15) is 13.2 Å². The van der Waals surface area contributed by atoms with Gasteiger partial charge in [0, 0.05) is 16.6 Å². The van der Waals surface area contributed by atoms with Gasteiger partial charge in [-0.15, -0.1) is 0 Å². The third-order valence-corrected chi connectivity index (χ3v) is 7.07. The van der Waals surface area contributed by atoms with Crippen LogP contribution in [0.15, 0.2) is 53.4 Å². The zero-order valence-corrected chi connectivity index (χ0v) is 14.2. The van der Waals surface area contributed by atoms with Crippen molar-refractivity contribution in [3.63, 3.8) is 0 Å². The van der Waals surface area contributed by atoms with E-state index < -0.39 is 22.0 Å². The molecule has 5 rings (SSSR count). The molecule has 2 aromatic carbocycles. The smallest absolute Gasteiger partial charge is 0.269 e. The van der Waals surface area contributed by atoms with Gasteiger partial charge in [-0.2, -0.15) is 0 Å². The molecule has 1 N–H and O–H groups in total. The third-order valence-electron chi connectivity index (χ3n) is 5.22. The van der Waals surface area contributed by atoms with Crippen molar-refractivity contribution in [2.24, 2.45) is 0 Å². The van der Waals surface area contributed by atoms with Crippen molar-refractivity contribution in [2.45, 2.75) is 30.2 Å². The van der Waals surface area contributed by atoms with Crippen LogP contribution in [0.5, 0.6) is 0 Å². The molecule has 2 aliphatic rings. The van der Waals surface area contributed by atoms with Crippen LogP contribution in [0.1, 0.15) is 40.5 Å². The average Bonchev–Trinajstić information content (AvgIpc) is 3.09. The Hall–Kier alpha value is -2.60. The van der Waals surface area contributed by atoms with Crippen molar-refractivity contribution >= 4 is 26.8 Å². The Bertz CT molecular complexity index is 1130. The number of benzene rings is 2. The van der Waals surface area contributed by atoms with Crippen LogP contribution in [-0.2, 0) is 16.4 Å². The van der Waals surface area contributed by atoms with Gasteiger partial charge >= 0.3 is 0 Å². The number of hydrogen-bond donors (Lipinski definition) is 1. The Morgan fingerprint density at radius 3 is 2.64 bits per heavy atom. The van der Waals surface area contributed by atoms with Gasteiger partial charge in [0.1, 0.15) is 4.90 Å². The fourth-order valence-electron chi connectivity index (χ4n) is 4.14. The number of sulfonamides is 1. The highest BCUT2D eigenvalue weighted by molar-refractivity contribution is 7.90. The first kappa shape index (κ1) is 14.7. The molecule has 5 nitrogen and oxygen atoms in total. The molecule has 0 bridgehead atoms. The molecule has 126 valence electrons. The minimum Gasteiger partial charge on any atom is -0.356 e. The first-order chi connectivity index (χ1) is 12.1. The zero-order valence-electron chi connectivity index (χ0n) is 13.4. The fraction of sp³-hybridized carbons (Fsp3) is 0.211. The van der Waals surface area contributed by atoms with Crippen molar-refractivity contribution in [3.8, 4) is 0 Å². The van der Waals surface area contributed by atoms with E-state index in [2.05, 4.69) is 4.98 Å². The van der Waals surface area contributed by atoms with Crippen molar-refractivity contribution in [3.05, 3.63) is 65.4 Å². The second-order valence-corrected chi connectivity index (χ2v) is 8.36. The first-order valence-corrected chi connectivity index (χ1v) is 9.80. The number of H-pyrrole nitrogens is 1. The van der Waals surface area contributed by atoms with Crippen LogP contribution in [0, 0.1) is 0 Å². The standard InChI is InChI=1S/C19H16N2O3S/c22-19-14-7-2-4-11-17(14)25(23,24)21(19)16-10-5-8-13-12-6-1-3-9-15(12)20-18(13)16/h1-4,6-7,9,11,16,20H,5,8,10H2/t16-/m0/s1. The van der Waals surface area contributed by atoms with E-state index >= 15 is 0 Å². The minimum absolute atomic E-state index is 0.114. The number of fused-ring (bicyclic) bond motifs is 4. The Kier molecular flexibility index (Phi) is 2.92. The summed E-state index contributed by atoms with van der Waals surface area (Å²) in [5.74, 6) is -0.424. The van der Waals surface area contributed by atoms with E-state index in [0.717, 1.165) is 39.3 Å². The highest BCUT2D eigenvalue weighted by Crippen LogP contribution is 2.43. The fourth-order valence-corrected chi connectivity index (χ4v) is 5.90. The molecule has 0 spiro atoms. The molecule has 3 aromatic rings. The first-order valence-electron chi connectivity index (χ1n) is 8.36. The number of aromatic nitrogens is 1. The number of para-hydroxylation sites is 1. The molecular formula is C19H16N2O3S. The quantitative estimate of drug-likeness (QED) is 0.730. The van der Waals surface area contributed by atoms with Crippen LogP contribution in [0.4, 0.5) is 0 Å². The number of nitrogens with zero attached hydrogens (tertiary/aromatic N) is 1. The Balaban J connectivity index is 1.71. The second kappa shape index (κ2) is 4.95. The molecule has 0 saturated heterocycles. The average molecular weight is 352 g/mol. The molecule has 1 aliphatic heterocycles. The van der Waals surface area contributed by atoms with Gasteiger partial charge in [0.25, 0.3) is 15.9 Å². The maximum absolute atomic E-state index is 13.0. The third kappa shape index (κ3) is 1.88. The summed E-state index contributed by atoms with van der Waals surface area (Å²) >= 11 is 0. The van der Waals surface area contributed by atoms with E-state index in [-0.39, 0.29) is 10.5 Å². The maximum Gasteiger partial charge on any atom is 0.269 e. The topological polar surface area (TPSA) is 70.2 Å².